The molecular formula is C16H18ClNO. The third-order valence-corrected chi connectivity index (χ3v) is 3.58. The van der Waals surface area contributed by atoms with Crippen LogP contribution < -0.4 is 10.5 Å². The SMILES string of the molecule is COc1cc(C)cc(C)c1-c1ccc(CN)c(Cl)c1. The summed E-state index contributed by atoms with van der Waals surface area (Å²) in [6.07, 6.45) is 0. The molecule has 0 saturated carbocycles. The summed E-state index contributed by atoms with van der Waals surface area (Å²) in [5.74, 6) is 0.870. The van der Waals surface area contributed by atoms with E-state index in [-0.39, 0.29) is 0 Å². The fraction of sp³-hybridized carbons (Fsp3) is 0.250. The highest BCUT2D eigenvalue weighted by molar-refractivity contribution is 6.31. The Labute approximate surface area is 119 Å². The lowest BCUT2D eigenvalue weighted by atomic mass is 9.96. The Kier molecular flexibility index (Phi) is 4.13. The lowest BCUT2D eigenvalue weighted by molar-refractivity contribution is 0.416. The average Bonchev–Trinajstić information content (AvgIpc) is 2.37. The molecule has 100 valence electrons. The van der Waals surface area contributed by atoms with Crippen molar-refractivity contribution in [1.29, 1.82) is 0 Å². The predicted molar refractivity (Wildman–Crippen MR) is 80.8 cm³/mol. The Hall–Kier alpha value is -1.51. The summed E-state index contributed by atoms with van der Waals surface area (Å²) in [5, 5.41) is 0.696. The minimum atomic E-state index is 0.448. The maximum absolute atomic E-state index is 6.24. The van der Waals surface area contributed by atoms with Crippen molar-refractivity contribution in [3.63, 3.8) is 0 Å². The molecule has 0 spiro atoms. The van der Waals surface area contributed by atoms with Crippen LogP contribution in [0.25, 0.3) is 11.1 Å². The monoisotopic (exact) mass is 275 g/mol. The van der Waals surface area contributed by atoms with Crippen LogP contribution in [0.3, 0.4) is 0 Å². The topological polar surface area (TPSA) is 35.2 Å². The first kappa shape index (κ1) is 13.9. The van der Waals surface area contributed by atoms with E-state index >= 15 is 0 Å². The van der Waals surface area contributed by atoms with Crippen LogP contribution in [-0.4, -0.2) is 7.11 Å². The van der Waals surface area contributed by atoms with E-state index in [9.17, 15) is 0 Å². The number of benzene rings is 2. The van der Waals surface area contributed by atoms with Gasteiger partial charge >= 0.3 is 0 Å². The van der Waals surface area contributed by atoms with Gasteiger partial charge in [-0.1, -0.05) is 29.8 Å². The summed E-state index contributed by atoms with van der Waals surface area (Å²) in [6.45, 7) is 4.59. The highest BCUT2D eigenvalue weighted by Gasteiger charge is 2.11. The van der Waals surface area contributed by atoms with Crippen molar-refractivity contribution in [2.24, 2.45) is 5.73 Å². The van der Waals surface area contributed by atoms with Gasteiger partial charge in [0.2, 0.25) is 0 Å². The number of rotatable bonds is 3. The van der Waals surface area contributed by atoms with Crippen LogP contribution in [0.2, 0.25) is 5.02 Å². The maximum Gasteiger partial charge on any atom is 0.127 e. The standard InChI is InChI=1S/C16H18ClNO/c1-10-6-11(2)16(15(7-10)19-3)12-4-5-13(9-18)14(17)8-12/h4-8H,9,18H2,1-3H3. The molecule has 0 atom stereocenters. The number of hydrogen-bond acceptors (Lipinski definition) is 2. The minimum Gasteiger partial charge on any atom is -0.496 e. The van der Waals surface area contributed by atoms with Crippen molar-refractivity contribution in [1.82, 2.24) is 0 Å². The van der Waals surface area contributed by atoms with Gasteiger partial charge < -0.3 is 10.5 Å². The first-order valence-corrected chi connectivity index (χ1v) is 6.58. The van der Waals surface area contributed by atoms with Crippen LogP contribution in [0, 0.1) is 13.8 Å². The number of aryl methyl sites for hydroxylation is 2. The van der Waals surface area contributed by atoms with Gasteiger partial charge in [0.25, 0.3) is 0 Å². The Morgan fingerprint density at radius 1 is 1.16 bits per heavy atom. The van der Waals surface area contributed by atoms with Gasteiger partial charge in [-0.05, 0) is 48.2 Å². The molecule has 0 aromatic heterocycles. The zero-order valence-corrected chi connectivity index (χ0v) is 12.2. The predicted octanol–water partition coefficient (Wildman–Crippen LogP) is 4.09. The third-order valence-electron chi connectivity index (χ3n) is 3.23. The van der Waals surface area contributed by atoms with Gasteiger partial charge in [-0.25, -0.2) is 0 Å². The van der Waals surface area contributed by atoms with E-state index < -0.39 is 0 Å². The number of methoxy groups -OCH3 is 1. The molecular weight excluding hydrogens is 258 g/mol. The molecule has 2 N–H and O–H groups in total. The minimum absolute atomic E-state index is 0.448. The molecule has 3 heteroatoms. The Morgan fingerprint density at radius 2 is 1.89 bits per heavy atom. The zero-order valence-electron chi connectivity index (χ0n) is 11.5. The van der Waals surface area contributed by atoms with E-state index in [4.69, 9.17) is 22.1 Å². The number of ether oxygens (including phenoxy) is 1. The van der Waals surface area contributed by atoms with Gasteiger partial charge in [0.15, 0.2) is 0 Å². The maximum atomic E-state index is 6.24. The number of nitrogens with two attached hydrogens (primary N) is 1. The molecule has 0 amide bonds. The highest BCUT2D eigenvalue weighted by Crippen LogP contribution is 2.36. The third kappa shape index (κ3) is 2.75. The van der Waals surface area contributed by atoms with E-state index in [1.165, 1.54) is 11.1 Å². The quantitative estimate of drug-likeness (QED) is 0.916. The molecule has 0 unspecified atom stereocenters. The van der Waals surface area contributed by atoms with Crippen LogP contribution in [0.15, 0.2) is 30.3 Å². The summed E-state index contributed by atoms with van der Waals surface area (Å²) in [6, 6.07) is 10.1. The smallest absolute Gasteiger partial charge is 0.127 e. The molecule has 2 rings (SSSR count). The van der Waals surface area contributed by atoms with Gasteiger partial charge in [-0.15, -0.1) is 0 Å². The molecule has 0 saturated heterocycles. The van der Waals surface area contributed by atoms with Crippen LogP contribution in [0.4, 0.5) is 0 Å². The van der Waals surface area contributed by atoms with E-state index in [1.807, 2.05) is 24.3 Å². The second-order valence-corrected chi connectivity index (χ2v) is 5.08. The lowest BCUT2D eigenvalue weighted by Gasteiger charge is -2.14. The van der Waals surface area contributed by atoms with Crippen LogP contribution in [0.5, 0.6) is 5.75 Å². The molecule has 0 aliphatic rings. The first-order valence-electron chi connectivity index (χ1n) is 6.21. The van der Waals surface area contributed by atoms with Crippen LogP contribution >= 0.6 is 11.6 Å². The van der Waals surface area contributed by atoms with Crippen molar-refractivity contribution in [2.75, 3.05) is 7.11 Å². The van der Waals surface area contributed by atoms with Crippen LogP contribution in [0.1, 0.15) is 16.7 Å². The normalized spacial score (nSPS) is 10.6. The summed E-state index contributed by atoms with van der Waals surface area (Å²) in [7, 11) is 1.69. The number of hydrogen-bond donors (Lipinski definition) is 1. The molecule has 2 aromatic carbocycles. The van der Waals surface area contributed by atoms with E-state index in [0.717, 1.165) is 22.4 Å². The summed E-state index contributed by atoms with van der Waals surface area (Å²) < 4.78 is 5.49. The fourth-order valence-corrected chi connectivity index (χ4v) is 2.59. The molecule has 0 fully saturated rings. The van der Waals surface area contributed by atoms with E-state index in [1.54, 1.807) is 7.11 Å². The van der Waals surface area contributed by atoms with Gasteiger partial charge in [-0.3, -0.25) is 0 Å². The van der Waals surface area contributed by atoms with Crippen LogP contribution in [-0.2, 0) is 6.54 Å². The van der Waals surface area contributed by atoms with E-state index in [0.29, 0.717) is 11.6 Å². The Bertz CT molecular complexity index is 608. The average molecular weight is 276 g/mol. The molecule has 19 heavy (non-hydrogen) atoms. The number of halogens is 1. The van der Waals surface area contributed by atoms with Gasteiger partial charge in [0.1, 0.15) is 5.75 Å². The lowest BCUT2D eigenvalue weighted by Crippen LogP contribution is -1.98. The van der Waals surface area contributed by atoms with Gasteiger partial charge in [-0.2, -0.15) is 0 Å². The molecule has 0 aliphatic heterocycles. The highest BCUT2D eigenvalue weighted by atomic mass is 35.5. The van der Waals surface area contributed by atoms with Crippen molar-refractivity contribution >= 4 is 11.6 Å². The van der Waals surface area contributed by atoms with Crippen molar-refractivity contribution in [2.45, 2.75) is 20.4 Å². The summed E-state index contributed by atoms with van der Waals surface area (Å²) >= 11 is 6.24. The fourth-order valence-electron chi connectivity index (χ4n) is 2.33. The summed E-state index contributed by atoms with van der Waals surface area (Å²) in [4.78, 5) is 0. The molecule has 2 nitrogen and oxygen atoms in total. The van der Waals surface area contributed by atoms with Crippen molar-refractivity contribution in [3.05, 3.63) is 52.0 Å². The molecule has 0 heterocycles. The zero-order chi connectivity index (χ0) is 14.0. The van der Waals surface area contributed by atoms with Gasteiger partial charge in [0, 0.05) is 17.1 Å². The summed E-state index contributed by atoms with van der Waals surface area (Å²) in [5.41, 5.74) is 11.1. The van der Waals surface area contributed by atoms with E-state index in [2.05, 4.69) is 19.9 Å². The molecule has 0 radical (unpaired) electrons. The largest absolute Gasteiger partial charge is 0.496 e. The molecule has 0 bridgehead atoms. The first-order chi connectivity index (χ1) is 9.06. The van der Waals surface area contributed by atoms with Crippen molar-refractivity contribution < 1.29 is 4.74 Å². The molecule has 2 aromatic rings. The second kappa shape index (κ2) is 5.64. The molecule has 0 aliphatic carbocycles. The van der Waals surface area contributed by atoms with Crippen molar-refractivity contribution in [3.8, 4) is 16.9 Å². The van der Waals surface area contributed by atoms with Gasteiger partial charge in [0.05, 0.1) is 7.11 Å². The Balaban J connectivity index is 2.61. The Morgan fingerprint density at radius 3 is 2.47 bits per heavy atom. The second-order valence-electron chi connectivity index (χ2n) is 4.67.